The normalized spacial score (nSPS) is 28.9. The van der Waals surface area contributed by atoms with Crippen LogP contribution in [0, 0.1) is 11.3 Å². The van der Waals surface area contributed by atoms with Crippen molar-refractivity contribution in [3.05, 3.63) is 0 Å². The molecule has 1 saturated carbocycles. The van der Waals surface area contributed by atoms with E-state index in [2.05, 4.69) is 19.2 Å². The molecule has 0 aromatic rings. The molecule has 2 rings (SSSR count). The van der Waals surface area contributed by atoms with Gasteiger partial charge in [-0.3, -0.25) is 4.79 Å². The number of carbonyl (C=O) groups is 1. The lowest BCUT2D eigenvalue weighted by atomic mass is 9.77. The highest BCUT2D eigenvalue weighted by Gasteiger charge is 2.38. The molecule has 1 saturated heterocycles. The first-order valence-electron chi connectivity index (χ1n) is 7.49. The molecular weight excluding hydrogens is 226 g/mol. The summed E-state index contributed by atoms with van der Waals surface area (Å²) in [6.07, 6.45) is 8.67. The minimum absolute atomic E-state index is 0.0297. The van der Waals surface area contributed by atoms with E-state index in [4.69, 9.17) is 4.74 Å². The Morgan fingerprint density at radius 1 is 1.22 bits per heavy atom. The first-order valence-corrected chi connectivity index (χ1v) is 7.49. The number of rotatable bonds is 3. The molecule has 1 unspecified atom stereocenters. The Balaban J connectivity index is 1.79. The molecule has 1 aliphatic heterocycles. The summed E-state index contributed by atoms with van der Waals surface area (Å²) >= 11 is 0. The van der Waals surface area contributed by atoms with E-state index in [9.17, 15) is 4.79 Å². The Labute approximate surface area is 111 Å². The molecule has 18 heavy (non-hydrogen) atoms. The standard InChI is InChI=1S/C15H27NO2/c1-15(2)9-6-10-16-13(15)14(17)18-11-12-7-4-3-5-8-12/h12-13,16H,3-11H2,1-2H3. The highest BCUT2D eigenvalue weighted by molar-refractivity contribution is 5.77. The Bertz CT molecular complexity index is 282. The third kappa shape index (κ3) is 3.47. The molecule has 1 aliphatic carbocycles. The second-order valence-electron chi connectivity index (χ2n) is 6.61. The van der Waals surface area contributed by atoms with Crippen molar-refractivity contribution in [2.45, 2.75) is 64.8 Å². The van der Waals surface area contributed by atoms with Gasteiger partial charge >= 0.3 is 5.97 Å². The van der Waals surface area contributed by atoms with Gasteiger partial charge in [0.05, 0.1) is 6.61 Å². The predicted molar refractivity (Wildman–Crippen MR) is 72.3 cm³/mol. The van der Waals surface area contributed by atoms with E-state index in [1.165, 1.54) is 32.1 Å². The van der Waals surface area contributed by atoms with E-state index >= 15 is 0 Å². The van der Waals surface area contributed by atoms with Gasteiger partial charge in [0.1, 0.15) is 6.04 Å². The van der Waals surface area contributed by atoms with Crippen molar-refractivity contribution in [1.82, 2.24) is 5.32 Å². The highest BCUT2D eigenvalue weighted by Crippen LogP contribution is 2.31. The molecule has 104 valence electrons. The summed E-state index contributed by atoms with van der Waals surface area (Å²) in [4.78, 5) is 12.2. The largest absolute Gasteiger partial charge is 0.464 e. The summed E-state index contributed by atoms with van der Waals surface area (Å²) in [5, 5.41) is 3.32. The zero-order chi connectivity index (χ0) is 13.0. The van der Waals surface area contributed by atoms with E-state index in [-0.39, 0.29) is 17.4 Å². The van der Waals surface area contributed by atoms with Crippen LogP contribution >= 0.6 is 0 Å². The maximum Gasteiger partial charge on any atom is 0.323 e. The lowest BCUT2D eigenvalue weighted by Crippen LogP contribution is -2.52. The van der Waals surface area contributed by atoms with E-state index < -0.39 is 0 Å². The van der Waals surface area contributed by atoms with Crippen molar-refractivity contribution >= 4 is 5.97 Å². The third-order valence-electron chi connectivity index (χ3n) is 4.55. The van der Waals surface area contributed by atoms with Crippen LogP contribution in [0.5, 0.6) is 0 Å². The topological polar surface area (TPSA) is 38.3 Å². The number of hydrogen-bond acceptors (Lipinski definition) is 3. The smallest absolute Gasteiger partial charge is 0.323 e. The summed E-state index contributed by atoms with van der Waals surface area (Å²) in [6, 6.07) is -0.116. The average Bonchev–Trinajstić information content (AvgIpc) is 2.37. The van der Waals surface area contributed by atoms with Gasteiger partial charge in [-0.2, -0.15) is 0 Å². The van der Waals surface area contributed by atoms with Crippen LogP contribution in [0.1, 0.15) is 58.8 Å². The maximum absolute atomic E-state index is 12.2. The fourth-order valence-corrected chi connectivity index (χ4v) is 3.25. The number of piperidine rings is 1. The summed E-state index contributed by atoms with van der Waals surface area (Å²) < 4.78 is 5.56. The first-order chi connectivity index (χ1) is 8.59. The van der Waals surface area contributed by atoms with Crippen molar-refractivity contribution in [2.75, 3.05) is 13.2 Å². The van der Waals surface area contributed by atoms with Gasteiger partial charge in [0.2, 0.25) is 0 Å². The number of carbonyl (C=O) groups excluding carboxylic acids is 1. The van der Waals surface area contributed by atoms with E-state index in [1.807, 2.05) is 0 Å². The molecule has 0 bridgehead atoms. The second kappa shape index (κ2) is 6.05. The van der Waals surface area contributed by atoms with Crippen LogP contribution in [0.15, 0.2) is 0 Å². The quantitative estimate of drug-likeness (QED) is 0.786. The Hall–Kier alpha value is -0.570. The maximum atomic E-state index is 12.2. The molecule has 1 N–H and O–H groups in total. The van der Waals surface area contributed by atoms with Gasteiger partial charge in [0.25, 0.3) is 0 Å². The van der Waals surface area contributed by atoms with Crippen molar-refractivity contribution in [3.8, 4) is 0 Å². The van der Waals surface area contributed by atoms with Crippen LogP contribution in [0.4, 0.5) is 0 Å². The van der Waals surface area contributed by atoms with Gasteiger partial charge in [-0.15, -0.1) is 0 Å². The highest BCUT2D eigenvalue weighted by atomic mass is 16.5. The lowest BCUT2D eigenvalue weighted by Gasteiger charge is -2.37. The van der Waals surface area contributed by atoms with Crippen molar-refractivity contribution < 1.29 is 9.53 Å². The summed E-state index contributed by atoms with van der Waals surface area (Å²) in [5.74, 6) is 0.569. The van der Waals surface area contributed by atoms with E-state index in [1.54, 1.807) is 0 Å². The summed E-state index contributed by atoms with van der Waals surface area (Å²) in [7, 11) is 0. The van der Waals surface area contributed by atoms with Crippen LogP contribution in [0.25, 0.3) is 0 Å². The second-order valence-corrected chi connectivity index (χ2v) is 6.61. The fourth-order valence-electron chi connectivity index (χ4n) is 3.25. The van der Waals surface area contributed by atoms with Gasteiger partial charge in [0, 0.05) is 0 Å². The molecule has 0 spiro atoms. The molecule has 1 atom stereocenters. The van der Waals surface area contributed by atoms with Crippen molar-refractivity contribution in [1.29, 1.82) is 0 Å². The van der Waals surface area contributed by atoms with Crippen LogP contribution in [0.2, 0.25) is 0 Å². The van der Waals surface area contributed by atoms with Crippen LogP contribution in [0.3, 0.4) is 0 Å². The number of hydrogen-bond donors (Lipinski definition) is 1. The number of nitrogens with one attached hydrogen (secondary N) is 1. The van der Waals surface area contributed by atoms with Gasteiger partial charge in [0.15, 0.2) is 0 Å². The zero-order valence-electron chi connectivity index (χ0n) is 11.8. The number of esters is 1. The molecule has 0 amide bonds. The Morgan fingerprint density at radius 2 is 1.94 bits per heavy atom. The average molecular weight is 253 g/mol. The molecule has 0 aromatic carbocycles. The molecule has 0 aromatic heterocycles. The monoisotopic (exact) mass is 253 g/mol. The van der Waals surface area contributed by atoms with Gasteiger partial charge in [-0.25, -0.2) is 0 Å². The minimum atomic E-state index is -0.116. The van der Waals surface area contributed by atoms with E-state index in [0.717, 1.165) is 19.4 Å². The van der Waals surface area contributed by atoms with Crippen molar-refractivity contribution in [3.63, 3.8) is 0 Å². The molecule has 2 fully saturated rings. The summed E-state index contributed by atoms with van der Waals surface area (Å²) in [6.45, 7) is 5.89. The van der Waals surface area contributed by atoms with Gasteiger partial charge < -0.3 is 10.1 Å². The molecule has 3 nitrogen and oxygen atoms in total. The van der Waals surface area contributed by atoms with Crippen molar-refractivity contribution in [2.24, 2.45) is 11.3 Å². The first kappa shape index (κ1) is 13.9. The SMILES string of the molecule is CC1(C)CCCNC1C(=O)OCC1CCCCC1. The predicted octanol–water partition coefficient (Wildman–Crippen LogP) is 2.89. The third-order valence-corrected chi connectivity index (χ3v) is 4.55. The zero-order valence-corrected chi connectivity index (χ0v) is 11.8. The van der Waals surface area contributed by atoms with Gasteiger partial charge in [-0.05, 0) is 43.6 Å². The molecule has 1 heterocycles. The molecule has 0 radical (unpaired) electrons. The van der Waals surface area contributed by atoms with E-state index in [0.29, 0.717) is 12.5 Å². The van der Waals surface area contributed by atoms with Gasteiger partial charge in [-0.1, -0.05) is 33.1 Å². The Morgan fingerprint density at radius 3 is 2.61 bits per heavy atom. The molecule has 2 aliphatic rings. The van der Waals surface area contributed by atoms with Crippen LogP contribution in [-0.4, -0.2) is 25.2 Å². The number of ether oxygens (including phenoxy) is 1. The lowest BCUT2D eigenvalue weighted by molar-refractivity contribution is -0.152. The molecule has 3 heteroatoms. The summed E-state index contributed by atoms with van der Waals surface area (Å²) in [5.41, 5.74) is 0.0297. The van der Waals surface area contributed by atoms with Crippen LogP contribution < -0.4 is 5.32 Å². The minimum Gasteiger partial charge on any atom is -0.464 e. The Kier molecular flexibility index (Phi) is 4.66. The van der Waals surface area contributed by atoms with Crippen LogP contribution in [-0.2, 0) is 9.53 Å². The fraction of sp³-hybridized carbons (Fsp3) is 0.933. The molecular formula is C15H27NO2.